The van der Waals surface area contributed by atoms with Crippen molar-refractivity contribution in [3.05, 3.63) is 41.7 Å². The Morgan fingerprint density at radius 1 is 1.37 bits per heavy atom. The van der Waals surface area contributed by atoms with Gasteiger partial charge < -0.3 is 5.32 Å². The average Bonchev–Trinajstić information content (AvgIpc) is 2.42. The van der Waals surface area contributed by atoms with Crippen LogP contribution in [-0.2, 0) is 16.6 Å². The maximum absolute atomic E-state index is 13.4. The first-order valence-corrected chi connectivity index (χ1v) is 7.58. The van der Waals surface area contributed by atoms with Gasteiger partial charge in [0.05, 0.1) is 4.90 Å². The van der Waals surface area contributed by atoms with Crippen molar-refractivity contribution >= 4 is 10.0 Å². The molecule has 0 fully saturated rings. The summed E-state index contributed by atoms with van der Waals surface area (Å²) in [6.45, 7) is 1.17. The van der Waals surface area contributed by atoms with Crippen molar-refractivity contribution in [3.63, 3.8) is 0 Å². The van der Waals surface area contributed by atoms with Crippen LogP contribution < -0.4 is 5.32 Å². The maximum Gasteiger partial charge on any atom is 0.243 e. The van der Waals surface area contributed by atoms with Crippen molar-refractivity contribution in [3.8, 4) is 0 Å². The molecule has 2 rings (SSSR count). The van der Waals surface area contributed by atoms with E-state index in [4.69, 9.17) is 0 Å². The van der Waals surface area contributed by atoms with Gasteiger partial charge in [-0.1, -0.05) is 18.2 Å². The van der Waals surface area contributed by atoms with Crippen LogP contribution in [0.15, 0.2) is 35.2 Å². The summed E-state index contributed by atoms with van der Waals surface area (Å²) in [5, 5.41) is 2.90. The zero-order chi connectivity index (χ0) is 13.9. The molecule has 0 radical (unpaired) electrons. The molecule has 4 nitrogen and oxygen atoms in total. The Morgan fingerprint density at radius 2 is 2.16 bits per heavy atom. The number of hydrogen-bond acceptors (Lipinski definition) is 3. The summed E-state index contributed by atoms with van der Waals surface area (Å²) >= 11 is 0. The Labute approximate surface area is 113 Å². The fourth-order valence-electron chi connectivity index (χ4n) is 2.08. The maximum atomic E-state index is 13.4. The summed E-state index contributed by atoms with van der Waals surface area (Å²) in [5.41, 5.74) is 0.582. The van der Waals surface area contributed by atoms with E-state index in [-0.39, 0.29) is 4.90 Å². The molecule has 0 saturated heterocycles. The molecule has 0 atom stereocenters. The molecule has 0 unspecified atom stereocenters. The van der Waals surface area contributed by atoms with Gasteiger partial charge in [-0.15, -0.1) is 0 Å². The summed E-state index contributed by atoms with van der Waals surface area (Å²) in [7, 11) is -1.91. The first-order chi connectivity index (χ1) is 9.05. The summed E-state index contributed by atoms with van der Waals surface area (Å²) in [6, 6.07) is 3.89. The van der Waals surface area contributed by atoms with Crippen LogP contribution in [0.5, 0.6) is 0 Å². The monoisotopic (exact) mass is 284 g/mol. The molecule has 0 bridgehead atoms. The van der Waals surface area contributed by atoms with Crippen LogP contribution in [0, 0.1) is 5.82 Å². The SMILES string of the molecule is CNCc1ccc(F)cc1S(=O)(=O)N1CC=CCC1. The Balaban J connectivity index is 2.43. The smallest absolute Gasteiger partial charge is 0.243 e. The van der Waals surface area contributed by atoms with E-state index < -0.39 is 15.8 Å². The summed E-state index contributed by atoms with van der Waals surface area (Å²) in [5.74, 6) is -0.536. The third-order valence-corrected chi connectivity index (χ3v) is 4.98. The van der Waals surface area contributed by atoms with Crippen molar-refractivity contribution in [1.29, 1.82) is 0 Å². The van der Waals surface area contributed by atoms with E-state index in [2.05, 4.69) is 5.32 Å². The predicted octanol–water partition coefficient (Wildman–Crippen LogP) is 1.50. The minimum atomic E-state index is -3.64. The Kier molecular flexibility index (Phi) is 4.34. The number of benzene rings is 1. The molecule has 0 spiro atoms. The lowest BCUT2D eigenvalue weighted by Crippen LogP contribution is -2.34. The van der Waals surface area contributed by atoms with Crippen LogP contribution in [0.1, 0.15) is 12.0 Å². The molecule has 1 N–H and O–H groups in total. The summed E-state index contributed by atoms with van der Waals surface area (Å²) < 4.78 is 39.8. The van der Waals surface area contributed by atoms with Crippen molar-refractivity contribution in [1.82, 2.24) is 9.62 Å². The topological polar surface area (TPSA) is 49.4 Å². The highest BCUT2D eigenvalue weighted by Gasteiger charge is 2.27. The largest absolute Gasteiger partial charge is 0.316 e. The molecule has 1 heterocycles. The van der Waals surface area contributed by atoms with Gasteiger partial charge in [0.1, 0.15) is 5.82 Å². The van der Waals surface area contributed by atoms with Crippen molar-refractivity contribution in [2.45, 2.75) is 17.9 Å². The normalized spacial score (nSPS) is 16.7. The highest BCUT2D eigenvalue weighted by atomic mass is 32.2. The second-order valence-electron chi connectivity index (χ2n) is 4.41. The number of sulfonamides is 1. The van der Waals surface area contributed by atoms with Crippen molar-refractivity contribution in [2.24, 2.45) is 0 Å². The first kappa shape index (κ1) is 14.2. The van der Waals surface area contributed by atoms with E-state index in [1.54, 1.807) is 7.05 Å². The van der Waals surface area contributed by atoms with Crippen LogP contribution >= 0.6 is 0 Å². The van der Waals surface area contributed by atoms with Gasteiger partial charge in [0.25, 0.3) is 0 Å². The minimum absolute atomic E-state index is 0.0529. The van der Waals surface area contributed by atoms with E-state index in [0.29, 0.717) is 31.6 Å². The van der Waals surface area contributed by atoms with Gasteiger partial charge >= 0.3 is 0 Å². The average molecular weight is 284 g/mol. The van der Waals surface area contributed by atoms with E-state index >= 15 is 0 Å². The predicted molar refractivity (Wildman–Crippen MR) is 71.7 cm³/mol. The van der Waals surface area contributed by atoms with E-state index in [0.717, 1.165) is 6.07 Å². The lowest BCUT2D eigenvalue weighted by atomic mass is 10.2. The fourth-order valence-corrected chi connectivity index (χ4v) is 3.72. The number of hydrogen-bond donors (Lipinski definition) is 1. The van der Waals surface area contributed by atoms with Gasteiger partial charge in [-0.2, -0.15) is 4.31 Å². The molecule has 1 aromatic rings. The van der Waals surface area contributed by atoms with Crippen LogP contribution in [0.3, 0.4) is 0 Å². The zero-order valence-corrected chi connectivity index (χ0v) is 11.6. The van der Waals surface area contributed by atoms with Gasteiger partial charge in [0.15, 0.2) is 0 Å². The van der Waals surface area contributed by atoms with Crippen molar-refractivity contribution < 1.29 is 12.8 Å². The van der Waals surface area contributed by atoms with Gasteiger partial charge in [-0.25, -0.2) is 12.8 Å². The van der Waals surface area contributed by atoms with Crippen LogP contribution in [0.2, 0.25) is 0 Å². The lowest BCUT2D eigenvalue weighted by molar-refractivity contribution is 0.436. The quantitative estimate of drug-likeness (QED) is 0.852. The number of halogens is 1. The standard InChI is InChI=1S/C13H17FN2O2S/c1-15-10-11-5-6-12(14)9-13(11)19(17,18)16-7-3-2-4-8-16/h2-3,5-6,9,15H,4,7-8,10H2,1H3. The van der Waals surface area contributed by atoms with Crippen LogP contribution in [0.25, 0.3) is 0 Å². The second-order valence-corrected chi connectivity index (χ2v) is 6.31. The molecule has 104 valence electrons. The number of rotatable bonds is 4. The number of nitrogens with zero attached hydrogens (tertiary/aromatic N) is 1. The van der Waals surface area contributed by atoms with E-state index in [1.165, 1.54) is 16.4 Å². The molecule has 1 aliphatic rings. The Bertz CT molecular complexity index is 584. The lowest BCUT2D eigenvalue weighted by Gasteiger charge is -2.24. The summed E-state index contributed by atoms with van der Waals surface area (Å²) in [4.78, 5) is 0.0529. The third-order valence-electron chi connectivity index (χ3n) is 3.04. The van der Waals surface area contributed by atoms with E-state index in [1.807, 2.05) is 12.2 Å². The molecule has 0 aromatic heterocycles. The first-order valence-electron chi connectivity index (χ1n) is 6.14. The highest BCUT2D eigenvalue weighted by Crippen LogP contribution is 2.23. The highest BCUT2D eigenvalue weighted by molar-refractivity contribution is 7.89. The molecule has 1 aromatic carbocycles. The molecule has 0 amide bonds. The van der Waals surface area contributed by atoms with Gasteiger partial charge in [0.2, 0.25) is 10.0 Å². The van der Waals surface area contributed by atoms with Gasteiger partial charge in [-0.05, 0) is 31.2 Å². The third kappa shape index (κ3) is 3.02. The van der Waals surface area contributed by atoms with E-state index in [9.17, 15) is 12.8 Å². The Hall–Kier alpha value is -1.24. The summed E-state index contributed by atoms with van der Waals surface area (Å²) in [6.07, 6.45) is 4.46. The minimum Gasteiger partial charge on any atom is -0.316 e. The molecule has 1 aliphatic heterocycles. The van der Waals surface area contributed by atoms with Crippen LogP contribution in [-0.4, -0.2) is 32.9 Å². The van der Waals surface area contributed by atoms with Gasteiger partial charge in [0, 0.05) is 19.6 Å². The second kappa shape index (κ2) is 5.81. The molecule has 6 heteroatoms. The molecule has 19 heavy (non-hydrogen) atoms. The molecule has 0 saturated carbocycles. The molecular weight excluding hydrogens is 267 g/mol. The molecule has 0 aliphatic carbocycles. The zero-order valence-electron chi connectivity index (χ0n) is 10.8. The van der Waals surface area contributed by atoms with Crippen LogP contribution in [0.4, 0.5) is 4.39 Å². The number of nitrogens with one attached hydrogen (secondary N) is 1. The van der Waals surface area contributed by atoms with Gasteiger partial charge in [-0.3, -0.25) is 0 Å². The molecular formula is C13H17FN2O2S. The van der Waals surface area contributed by atoms with Crippen molar-refractivity contribution in [2.75, 3.05) is 20.1 Å². The fraction of sp³-hybridized carbons (Fsp3) is 0.385. The Morgan fingerprint density at radius 3 is 2.79 bits per heavy atom.